The van der Waals surface area contributed by atoms with Gasteiger partial charge in [-0.2, -0.15) is 0 Å². The molecule has 1 aromatic heterocycles. The SMILES string of the molecule is C[C@@H]1C[C@@H](F)[C@H](/C=C/c2cc(Cl)cc(C3C[I-]3)c2)[C@H]1C/C=C/c1ccc(C(=O)O)s1. The van der Waals surface area contributed by atoms with Gasteiger partial charge in [0.05, 0.1) is 0 Å². The van der Waals surface area contributed by atoms with Crippen LogP contribution in [0.15, 0.2) is 42.5 Å². The van der Waals surface area contributed by atoms with Crippen LogP contribution in [0.4, 0.5) is 4.39 Å². The van der Waals surface area contributed by atoms with E-state index in [9.17, 15) is 9.18 Å². The molecule has 4 rings (SSSR count). The topological polar surface area (TPSA) is 37.3 Å². The molecule has 2 fully saturated rings. The van der Waals surface area contributed by atoms with E-state index in [2.05, 4.69) is 25.1 Å². The van der Waals surface area contributed by atoms with Gasteiger partial charge < -0.3 is 5.11 Å². The molecule has 0 radical (unpaired) electrons. The minimum Gasteiger partial charge on any atom is -0.477 e. The molecule has 1 aliphatic carbocycles. The van der Waals surface area contributed by atoms with Crippen LogP contribution >= 0.6 is 22.9 Å². The zero-order valence-corrected chi connectivity index (χ0v) is 20.3. The molecule has 1 saturated heterocycles. The Labute approximate surface area is 196 Å². The van der Waals surface area contributed by atoms with Gasteiger partial charge in [-0.25, -0.2) is 4.79 Å². The molecule has 0 spiro atoms. The molecule has 1 aromatic carbocycles. The number of hydrogen-bond acceptors (Lipinski definition) is 2. The maximum atomic E-state index is 14.8. The summed E-state index contributed by atoms with van der Waals surface area (Å²) in [5.41, 5.74) is 2.40. The van der Waals surface area contributed by atoms with E-state index in [0.717, 1.165) is 25.8 Å². The summed E-state index contributed by atoms with van der Waals surface area (Å²) in [7, 11) is 0. The van der Waals surface area contributed by atoms with Gasteiger partial charge in [0.2, 0.25) is 0 Å². The van der Waals surface area contributed by atoms with E-state index < -0.39 is 12.1 Å². The smallest absolute Gasteiger partial charge is 0.477 e. The molecule has 1 saturated carbocycles. The first-order valence-corrected chi connectivity index (χ1v) is 14.1. The maximum absolute atomic E-state index is 14.8. The van der Waals surface area contributed by atoms with Crippen molar-refractivity contribution in [1.82, 2.24) is 0 Å². The van der Waals surface area contributed by atoms with Crippen LogP contribution in [0.1, 0.15) is 49.4 Å². The molecular weight excluding hydrogens is 534 g/mol. The Bertz CT molecular complexity index is 981. The zero-order valence-electron chi connectivity index (χ0n) is 16.6. The first kappa shape index (κ1) is 22.0. The monoisotopic (exact) mass is 557 g/mol. The number of carbonyl (C=O) groups is 1. The quantitative estimate of drug-likeness (QED) is 0.413. The minimum absolute atomic E-state index is 0.113. The average molecular weight is 558 g/mol. The van der Waals surface area contributed by atoms with Gasteiger partial charge in [0, 0.05) is 0 Å². The second kappa shape index (κ2) is 9.53. The van der Waals surface area contributed by atoms with E-state index in [1.165, 1.54) is 21.3 Å². The van der Waals surface area contributed by atoms with E-state index in [0.29, 0.717) is 38.4 Å². The van der Waals surface area contributed by atoms with Gasteiger partial charge in [-0.3, -0.25) is 0 Å². The minimum atomic E-state index is -0.901. The number of benzene rings is 1. The van der Waals surface area contributed by atoms with Gasteiger partial charge in [-0.15, -0.1) is 11.3 Å². The van der Waals surface area contributed by atoms with Gasteiger partial charge in [-0.05, 0) is 12.1 Å². The van der Waals surface area contributed by atoms with Crippen LogP contribution in [0.2, 0.25) is 5.02 Å². The standard InChI is InChI=1S/C24H24ClFIO2S/c1-14-9-21(26)20(7-5-15-10-16(22-13-27-22)12-17(25)11-15)19(14)4-2-3-18-6-8-23(30-18)24(28)29/h2-3,5-8,10-12,14,19-22H,4,9,13H2,1H3,(H,28,29)/q-1/b3-2+,7-5+/t14-,19+,20-,21-,22?/m1/s1. The van der Waals surface area contributed by atoms with E-state index in [1.54, 1.807) is 6.07 Å². The summed E-state index contributed by atoms with van der Waals surface area (Å²) in [6.07, 6.45) is 8.64. The predicted molar refractivity (Wildman–Crippen MR) is 119 cm³/mol. The molecule has 0 amide bonds. The number of carboxylic acid groups (broad SMARTS) is 1. The Balaban J connectivity index is 1.45. The third kappa shape index (κ3) is 5.35. The van der Waals surface area contributed by atoms with Crippen molar-refractivity contribution in [3.8, 4) is 0 Å². The van der Waals surface area contributed by atoms with Crippen molar-refractivity contribution in [3.05, 3.63) is 68.4 Å². The number of hydrogen-bond donors (Lipinski definition) is 1. The number of carboxylic acids is 1. The van der Waals surface area contributed by atoms with Crippen molar-refractivity contribution in [1.29, 1.82) is 0 Å². The third-order valence-electron chi connectivity index (χ3n) is 5.89. The Hall–Kier alpha value is -1.18. The molecule has 30 heavy (non-hydrogen) atoms. The number of halogens is 3. The molecule has 0 bridgehead atoms. The van der Waals surface area contributed by atoms with E-state index >= 15 is 0 Å². The van der Waals surface area contributed by atoms with Crippen LogP contribution in [0.3, 0.4) is 0 Å². The second-order valence-electron chi connectivity index (χ2n) is 8.07. The van der Waals surface area contributed by atoms with Crippen molar-refractivity contribution in [2.45, 2.75) is 29.9 Å². The van der Waals surface area contributed by atoms with Crippen molar-refractivity contribution in [2.75, 3.05) is 4.43 Å². The van der Waals surface area contributed by atoms with Crippen LogP contribution in [-0.4, -0.2) is 21.7 Å². The fourth-order valence-corrected chi connectivity index (χ4v) is 6.90. The van der Waals surface area contributed by atoms with E-state index in [4.69, 9.17) is 16.7 Å². The second-order valence-corrected chi connectivity index (χ2v) is 12.9. The molecule has 5 atom stereocenters. The molecule has 2 heterocycles. The summed E-state index contributed by atoms with van der Waals surface area (Å²) in [4.78, 5) is 12.3. The number of alkyl halides is 3. The first-order valence-electron chi connectivity index (χ1n) is 10.1. The van der Waals surface area contributed by atoms with Crippen LogP contribution in [0.25, 0.3) is 12.2 Å². The molecule has 2 aromatic rings. The van der Waals surface area contributed by atoms with Crippen molar-refractivity contribution >= 4 is 41.1 Å². The summed E-state index contributed by atoms with van der Waals surface area (Å²) in [5, 5.41) is 9.81. The van der Waals surface area contributed by atoms with E-state index in [1.807, 2.05) is 30.4 Å². The molecule has 1 aliphatic heterocycles. The zero-order chi connectivity index (χ0) is 21.3. The van der Waals surface area contributed by atoms with Crippen LogP contribution < -0.4 is 21.2 Å². The average Bonchev–Trinajstić information content (AvgIpc) is 3.37. The summed E-state index contributed by atoms with van der Waals surface area (Å²) in [6.45, 7) is 2.13. The van der Waals surface area contributed by atoms with Crippen molar-refractivity contribution < 1.29 is 35.5 Å². The van der Waals surface area contributed by atoms with Gasteiger partial charge in [0.1, 0.15) is 4.88 Å². The van der Waals surface area contributed by atoms with Crippen LogP contribution in [0.5, 0.6) is 0 Å². The molecule has 1 N–H and O–H groups in total. The van der Waals surface area contributed by atoms with Crippen LogP contribution in [-0.2, 0) is 0 Å². The molecule has 6 heteroatoms. The summed E-state index contributed by atoms with van der Waals surface area (Å²) < 4.78 is 16.8. The van der Waals surface area contributed by atoms with Crippen molar-refractivity contribution in [2.24, 2.45) is 17.8 Å². The Morgan fingerprint density at radius 3 is 2.83 bits per heavy atom. The summed E-state index contributed by atoms with van der Waals surface area (Å²) in [6, 6.07) is 9.67. The van der Waals surface area contributed by atoms with Gasteiger partial charge in [-0.1, -0.05) is 0 Å². The molecular formula is C24H24ClFIO2S-. The van der Waals surface area contributed by atoms with Gasteiger partial charge in [0.15, 0.2) is 0 Å². The van der Waals surface area contributed by atoms with E-state index in [-0.39, 0.29) is 11.8 Å². The van der Waals surface area contributed by atoms with Gasteiger partial charge >= 0.3 is 159 Å². The first-order chi connectivity index (χ1) is 14.4. The molecule has 2 nitrogen and oxygen atoms in total. The Kier molecular flexibility index (Phi) is 7.00. The fraction of sp³-hybridized carbons (Fsp3) is 0.375. The molecule has 2 aliphatic rings. The normalized spacial score (nSPS) is 28.8. The Morgan fingerprint density at radius 2 is 2.13 bits per heavy atom. The summed E-state index contributed by atoms with van der Waals surface area (Å²) >= 11 is 7.88. The Morgan fingerprint density at radius 1 is 1.33 bits per heavy atom. The number of thiophene rings is 1. The third-order valence-corrected chi connectivity index (χ3v) is 9.63. The molecule has 1 unspecified atom stereocenters. The molecule has 160 valence electrons. The summed E-state index contributed by atoms with van der Waals surface area (Å²) in [5.74, 6) is -0.469. The number of allylic oxidation sites excluding steroid dienone is 2. The predicted octanol–water partition coefficient (Wildman–Crippen LogP) is 3.97. The van der Waals surface area contributed by atoms with Gasteiger partial charge in [0.25, 0.3) is 0 Å². The number of aromatic carboxylic acids is 1. The van der Waals surface area contributed by atoms with Crippen LogP contribution in [0, 0.1) is 17.8 Å². The number of rotatable bonds is 7. The fourth-order valence-electron chi connectivity index (χ4n) is 4.24. The van der Waals surface area contributed by atoms with Crippen molar-refractivity contribution in [3.63, 3.8) is 0 Å².